The molecule has 0 amide bonds. The number of sulfonamides is 1. The van der Waals surface area contributed by atoms with Crippen LogP contribution in [-0.2, 0) is 14.8 Å². The van der Waals surface area contributed by atoms with Gasteiger partial charge in [0.1, 0.15) is 0 Å². The van der Waals surface area contributed by atoms with Crippen molar-refractivity contribution in [3.05, 3.63) is 65.7 Å². The van der Waals surface area contributed by atoms with E-state index in [0.29, 0.717) is 24.5 Å². The van der Waals surface area contributed by atoms with Crippen LogP contribution in [0.3, 0.4) is 0 Å². The lowest BCUT2D eigenvalue weighted by molar-refractivity contribution is 0.0157. The van der Waals surface area contributed by atoms with Crippen LogP contribution < -0.4 is 9.62 Å². The Morgan fingerprint density at radius 2 is 1.81 bits per heavy atom. The van der Waals surface area contributed by atoms with Gasteiger partial charge in [-0.1, -0.05) is 36.4 Å². The summed E-state index contributed by atoms with van der Waals surface area (Å²) >= 11 is 0. The van der Waals surface area contributed by atoms with Crippen molar-refractivity contribution in [1.82, 2.24) is 4.72 Å². The van der Waals surface area contributed by atoms with Crippen molar-refractivity contribution in [2.45, 2.75) is 56.2 Å². The second-order valence-electron chi connectivity index (χ2n) is 8.93. The Morgan fingerprint density at radius 1 is 1.06 bits per heavy atom. The highest BCUT2D eigenvalue weighted by Crippen LogP contribution is 2.35. The summed E-state index contributed by atoms with van der Waals surface area (Å²) < 4.78 is 33.0. The summed E-state index contributed by atoms with van der Waals surface area (Å²) in [6.45, 7) is 1.18. The lowest BCUT2D eigenvalue weighted by Gasteiger charge is -2.33. The van der Waals surface area contributed by atoms with Gasteiger partial charge in [0.25, 0.3) is 0 Å². The van der Waals surface area contributed by atoms with E-state index in [2.05, 4.69) is 46.0 Å². The Balaban J connectivity index is 1.41. The highest BCUT2D eigenvalue weighted by molar-refractivity contribution is 7.88. The highest BCUT2D eigenvalue weighted by Gasteiger charge is 2.37. The highest BCUT2D eigenvalue weighted by atomic mass is 32.2. The van der Waals surface area contributed by atoms with Gasteiger partial charge in [0, 0.05) is 18.3 Å². The molecule has 2 aromatic rings. The largest absolute Gasteiger partial charge is 0.376 e. The van der Waals surface area contributed by atoms with Crippen LogP contribution in [0.15, 0.2) is 54.6 Å². The molecule has 1 aliphatic carbocycles. The molecule has 7 heteroatoms. The van der Waals surface area contributed by atoms with Crippen molar-refractivity contribution in [3.63, 3.8) is 0 Å². The molecule has 1 heterocycles. The SMILES string of the molecule is CS(=O)(=O)N[C@H]1CCN(c2cccc(C#N)c2)[C@H]1COC1CCC(c2ccccc2)CC1. The van der Waals surface area contributed by atoms with Gasteiger partial charge in [-0.3, -0.25) is 0 Å². The zero-order chi connectivity index (χ0) is 22.6. The first-order valence-electron chi connectivity index (χ1n) is 11.3. The average Bonchev–Trinajstić information content (AvgIpc) is 3.19. The summed E-state index contributed by atoms with van der Waals surface area (Å²) in [5.74, 6) is 0.590. The number of anilines is 1. The monoisotopic (exact) mass is 453 g/mol. The zero-order valence-electron chi connectivity index (χ0n) is 18.5. The van der Waals surface area contributed by atoms with Gasteiger partial charge in [0.05, 0.1) is 36.6 Å². The maximum Gasteiger partial charge on any atom is 0.209 e. The minimum absolute atomic E-state index is 0.106. The third-order valence-electron chi connectivity index (χ3n) is 6.67. The maximum absolute atomic E-state index is 11.9. The van der Waals surface area contributed by atoms with Crippen LogP contribution in [0.5, 0.6) is 0 Å². The van der Waals surface area contributed by atoms with Crippen molar-refractivity contribution in [1.29, 1.82) is 5.26 Å². The predicted octanol–water partition coefficient (Wildman–Crippen LogP) is 3.80. The van der Waals surface area contributed by atoms with E-state index in [-0.39, 0.29) is 18.2 Å². The van der Waals surface area contributed by atoms with Gasteiger partial charge >= 0.3 is 0 Å². The van der Waals surface area contributed by atoms with Crippen molar-refractivity contribution >= 4 is 15.7 Å². The quantitative estimate of drug-likeness (QED) is 0.690. The molecule has 0 unspecified atom stereocenters. The summed E-state index contributed by atoms with van der Waals surface area (Å²) in [5.41, 5.74) is 2.94. The van der Waals surface area contributed by atoms with Crippen LogP contribution in [0.4, 0.5) is 5.69 Å². The van der Waals surface area contributed by atoms with E-state index in [9.17, 15) is 13.7 Å². The molecule has 1 aliphatic heterocycles. The summed E-state index contributed by atoms with van der Waals surface area (Å²) in [5, 5.41) is 9.27. The lowest BCUT2D eigenvalue weighted by atomic mass is 9.83. The van der Waals surface area contributed by atoms with Gasteiger partial charge < -0.3 is 9.64 Å². The van der Waals surface area contributed by atoms with Gasteiger partial charge in [0.15, 0.2) is 0 Å². The molecule has 2 aliphatic rings. The van der Waals surface area contributed by atoms with Crippen molar-refractivity contribution < 1.29 is 13.2 Å². The first-order valence-corrected chi connectivity index (χ1v) is 13.2. The van der Waals surface area contributed by atoms with Crippen LogP contribution in [0.2, 0.25) is 0 Å². The number of ether oxygens (including phenoxy) is 1. The van der Waals surface area contributed by atoms with Gasteiger partial charge in [-0.15, -0.1) is 0 Å². The van der Waals surface area contributed by atoms with Crippen molar-refractivity contribution in [3.8, 4) is 6.07 Å². The van der Waals surface area contributed by atoms with Gasteiger partial charge in [0.2, 0.25) is 10.0 Å². The minimum Gasteiger partial charge on any atom is -0.376 e. The Bertz CT molecular complexity index is 1040. The van der Waals surface area contributed by atoms with E-state index in [0.717, 1.165) is 37.9 Å². The molecule has 2 aromatic carbocycles. The zero-order valence-corrected chi connectivity index (χ0v) is 19.3. The molecule has 0 spiro atoms. The van der Waals surface area contributed by atoms with Gasteiger partial charge in [-0.05, 0) is 61.8 Å². The molecule has 0 radical (unpaired) electrons. The molecular weight excluding hydrogens is 422 g/mol. The molecule has 170 valence electrons. The molecule has 2 atom stereocenters. The first-order chi connectivity index (χ1) is 15.4. The molecule has 1 saturated heterocycles. The summed E-state index contributed by atoms with van der Waals surface area (Å²) in [7, 11) is -3.32. The molecular formula is C25H31N3O3S. The molecule has 6 nitrogen and oxygen atoms in total. The summed E-state index contributed by atoms with van der Waals surface area (Å²) in [6.07, 6.45) is 6.35. The molecule has 0 aromatic heterocycles. The summed E-state index contributed by atoms with van der Waals surface area (Å²) in [6, 6.07) is 20.0. The van der Waals surface area contributed by atoms with E-state index < -0.39 is 10.0 Å². The average molecular weight is 454 g/mol. The fourth-order valence-corrected chi connectivity index (χ4v) is 5.89. The summed E-state index contributed by atoms with van der Waals surface area (Å²) in [4.78, 5) is 2.18. The lowest BCUT2D eigenvalue weighted by Crippen LogP contribution is -2.48. The third kappa shape index (κ3) is 5.69. The number of rotatable bonds is 7. The molecule has 4 rings (SSSR count). The van der Waals surface area contributed by atoms with Crippen LogP contribution in [0.25, 0.3) is 0 Å². The fourth-order valence-electron chi connectivity index (χ4n) is 5.07. The van der Waals surface area contributed by atoms with E-state index in [1.165, 1.54) is 11.8 Å². The van der Waals surface area contributed by atoms with Crippen LogP contribution in [0.1, 0.15) is 49.1 Å². The van der Waals surface area contributed by atoms with E-state index in [4.69, 9.17) is 4.74 Å². The Labute approximate surface area is 191 Å². The molecule has 0 bridgehead atoms. The molecule has 1 N–H and O–H groups in total. The van der Waals surface area contributed by atoms with Crippen molar-refractivity contribution in [2.75, 3.05) is 24.3 Å². The number of hydrogen-bond donors (Lipinski definition) is 1. The van der Waals surface area contributed by atoms with E-state index in [1.54, 1.807) is 6.07 Å². The van der Waals surface area contributed by atoms with Crippen LogP contribution >= 0.6 is 0 Å². The maximum atomic E-state index is 11.9. The first kappa shape index (κ1) is 22.8. The predicted molar refractivity (Wildman–Crippen MR) is 126 cm³/mol. The normalized spacial score (nSPS) is 26.1. The Morgan fingerprint density at radius 3 is 2.50 bits per heavy atom. The number of hydrogen-bond acceptors (Lipinski definition) is 5. The molecule has 2 fully saturated rings. The van der Waals surface area contributed by atoms with Crippen LogP contribution in [-0.4, -0.2) is 46.0 Å². The Kier molecular flexibility index (Phi) is 7.14. The van der Waals surface area contributed by atoms with E-state index >= 15 is 0 Å². The number of nitrogens with zero attached hydrogens (tertiary/aromatic N) is 2. The second-order valence-corrected chi connectivity index (χ2v) is 10.7. The third-order valence-corrected chi connectivity index (χ3v) is 7.40. The van der Waals surface area contributed by atoms with Gasteiger partial charge in [-0.2, -0.15) is 5.26 Å². The fraction of sp³-hybridized carbons (Fsp3) is 0.480. The van der Waals surface area contributed by atoms with E-state index in [1.807, 2.05) is 18.2 Å². The number of benzene rings is 2. The number of nitrogens with one attached hydrogen (secondary N) is 1. The standard InChI is InChI=1S/C25H31N3O3S/c1-32(29,30)27-24-14-15-28(22-9-5-6-19(16-22)17-26)25(24)18-31-23-12-10-21(11-13-23)20-7-3-2-4-8-20/h2-9,16,21,23-25,27H,10-15,18H2,1H3/t21?,23?,24-,25-/m0/s1. The minimum atomic E-state index is -3.32. The smallest absolute Gasteiger partial charge is 0.209 e. The molecule has 1 saturated carbocycles. The number of nitriles is 1. The molecule has 32 heavy (non-hydrogen) atoms. The second kappa shape index (κ2) is 10.0. The van der Waals surface area contributed by atoms with Gasteiger partial charge in [-0.25, -0.2) is 13.1 Å². The Hall–Kier alpha value is -2.40. The topological polar surface area (TPSA) is 82.4 Å². The van der Waals surface area contributed by atoms with Crippen LogP contribution in [0, 0.1) is 11.3 Å². The van der Waals surface area contributed by atoms with Crippen molar-refractivity contribution in [2.24, 2.45) is 0 Å².